The maximum absolute atomic E-state index is 5.62. The van der Waals surface area contributed by atoms with Crippen molar-refractivity contribution in [3.63, 3.8) is 0 Å². The smallest absolute Gasteiger partial charge is 0.0967 e. The summed E-state index contributed by atoms with van der Waals surface area (Å²) in [5.41, 5.74) is 4.12. The van der Waals surface area contributed by atoms with Gasteiger partial charge in [-0.1, -0.05) is 87.2 Å². The van der Waals surface area contributed by atoms with Crippen LogP contribution < -0.4 is 10.9 Å². The third-order valence-corrected chi connectivity index (χ3v) is 2.37. The van der Waals surface area contributed by atoms with Gasteiger partial charge in [-0.2, -0.15) is 0 Å². The topological polar surface area (TPSA) is 0 Å². The number of rotatable bonds is 2. The summed E-state index contributed by atoms with van der Waals surface area (Å²) in [6, 6.07) is 15.9. The lowest BCUT2D eigenvalue weighted by Crippen LogP contribution is -2.02. The number of hydrogen-bond donors (Lipinski definition) is 0. The highest BCUT2D eigenvalue weighted by atomic mass is 14.0. The molecule has 96 valence electrons. The zero-order chi connectivity index (χ0) is 14.7. The van der Waals surface area contributed by atoms with Crippen molar-refractivity contribution in [3.05, 3.63) is 59.7 Å². The van der Waals surface area contributed by atoms with Gasteiger partial charge in [0.25, 0.3) is 0 Å². The molecule has 0 heterocycles. The van der Waals surface area contributed by atoms with Crippen molar-refractivity contribution in [1.82, 2.24) is 0 Å². The van der Waals surface area contributed by atoms with Gasteiger partial charge in [0.1, 0.15) is 15.7 Å². The van der Waals surface area contributed by atoms with E-state index < -0.39 is 0 Å². The molecule has 0 aliphatic carbocycles. The number of hydrogen-bond acceptors (Lipinski definition) is 0. The minimum Gasteiger partial charge on any atom is -0.0967 e. The van der Waals surface area contributed by atoms with Crippen LogP contribution >= 0.6 is 0 Å². The highest BCUT2D eigenvalue weighted by molar-refractivity contribution is 6.32. The van der Waals surface area contributed by atoms with Crippen molar-refractivity contribution >= 4 is 26.6 Å². The van der Waals surface area contributed by atoms with Crippen molar-refractivity contribution in [2.45, 2.75) is 34.1 Å². The Bertz CT molecular complexity index is 386. The molecule has 0 aliphatic rings. The van der Waals surface area contributed by atoms with E-state index in [-0.39, 0.29) is 0 Å². The van der Waals surface area contributed by atoms with E-state index in [2.05, 4.69) is 0 Å². The molecule has 2 rings (SSSR count). The number of benzene rings is 2. The molecule has 0 aliphatic heterocycles. The average Bonchev–Trinajstić information content (AvgIpc) is 2.48. The fourth-order valence-corrected chi connectivity index (χ4v) is 1.51. The van der Waals surface area contributed by atoms with Crippen LogP contribution in [0.5, 0.6) is 0 Å². The van der Waals surface area contributed by atoms with Gasteiger partial charge in [0.15, 0.2) is 0 Å². The third-order valence-electron chi connectivity index (χ3n) is 2.37. The molecule has 0 unspecified atom stereocenters. The monoisotopic (exact) mass is 248 g/mol. The predicted molar refractivity (Wildman–Crippen MR) is 89.2 cm³/mol. The molecule has 0 aromatic heterocycles. The summed E-state index contributed by atoms with van der Waals surface area (Å²) in [5, 5.41) is 0. The van der Waals surface area contributed by atoms with Crippen LogP contribution in [0.15, 0.2) is 48.5 Å². The molecule has 0 spiro atoms. The van der Waals surface area contributed by atoms with E-state index in [1.165, 1.54) is 11.1 Å². The second-order valence-electron chi connectivity index (χ2n) is 3.66. The summed E-state index contributed by atoms with van der Waals surface area (Å²) >= 11 is 0. The predicted octanol–water partition coefficient (Wildman–Crippen LogP) is 2.92. The Kier molecular flexibility index (Phi) is 9.70. The van der Waals surface area contributed by atoms with Crippen LogP contribution in [0.1, 0.15) is 38.8 Å². The van der Waals surface area contributed by atoms with E-state index in [0.29, 0.717) is 0 Å². The first-order valence-electron chi connectivity index (χ1n) is 6.93. The van der Waals surface area contributed by atoms with E-state index >= 15 is 0 Å². The molecule has 4 radical (unpaired) electrons. The van der Waals surface area contributed by atoms with Crippen molar-refractivity contribution in [1.29, 1.82) is 0 Å². The molecule has 0 saturated heterocycles. The average molecular weight is 248 g/mol. The molecule has 2 aromatic rings. The van der Waals surface area contributed by atoms with Crippen LogP contribution in [-0.4, -0.2) is 15.7 Å². The highest BCUT2D eigenvalue weighted by Gasteiger charge is 1.95. The Labute approximate surface area is 121 Å². The summed E-state index contributed by atoms with van der Waals surface area (Å²) in [6.45, 7) is 8.00. The van der Waals surface area contributed by atoms with E-state index in [9.17, 15) is 0 Å². The standard InChI is InChI=1S/C13H10B2.2C2H6/c14-12-5-1-10(2-6-12)9-11-3-7-13(15)8-4-11;2*1-2/h1-8H,9H2;2*1-2H3. The first-order chi connectivity index (χ1) is 9.24. The zero-order valence-corrected chi connectivity index (χ0v) is 12.5. The van der Waals surface area contributed by atoms with Crippen LogP contribution in [0.3, 0.4) is 0 Å². The van der Waals surface area contributed by atoms with E-state index in [0.717, 1.165) is 17.3 Å². The summed E-state index contributed by atoms with van der Waals surface area (Å²) < 4.78 is 0. The fourth-order valence-electron chi connectivity index (χ4n) is 1.51. The zero-order valence-electron chi connectivity index (χ0n) is 12.5. The maximum Gasteiger partial charge on any atom is 0.113 e. The molecule has 0 nitrogen and oxygen atoms in total. The van der Waals surface area contributed by atoms with E-state index in [1.54, 1.807) is 0 Å². The molecular formula is C17H22B2. The van der Waals surface area contributed by atoms with Crippen molar-refractivity contribution in [2.24, 2.45) is 0 Å². The van der Waals surface area contributed by atoms with Crippen LogP contribution in [-0.2, 0) is 6.42 Å². The second kappa shape index (κ2) is 10.5. The SMILES string of the molecule is CC.CC.[B]c1ccc(Cc2ccc([B])cc2)cc1. The van der Waals surface area contributed by atoms with Crippen molar-refractivity contribution in [2.75, 3.05) is 0 Å². The van der Waals surface area contributed by atoms with Crippen LogP contribution in [0, 0.1) is 0 Å². The Morgan fingerprint density at radius 3 is 1.11 bits per heavy atom. The third kappa shape index (κ3) is 6.91. The quantitative estimate of drug-likeness (QED) is 0.717. The first kappa shape index (κ1) is 17.6. The lowest BCUT2D eigenvalue weighted by molar-refractivity contribution is 1.20. The lowest BCUT2D eigenvalue weighted by Gasteiger charge is -2.03. The molecule has 0 amide bonds. The van der Waals surface area contributed by atoms with Crippen LogP contribution in [0.4, 0.5) is 0 Å². The Balaban J connectivity index is 0.000000741. The van der Waals surface area contributed by atoms with Gasteiger partial charge in [-0.15, -0.1) is 0 Å². The Morgan fingerprint density at radius 2 is 0.842 bits per heavy atom. The van der Waals surface area contributed by atoms with Gasteiger partial charge in [0, 0.05) is 0 Å². The van der Waals surface area contributed by atoms with Crippen LogP contribution in [0.2, 0.25) is 0 Å². The summed E-state index contributed by atoms with van der Waals surface area (Å²) in [5.74, 6) is 0. The largest absolute Gasteiger partial charge is 0.113 e. The van der Waals surface area contributed by atoms with Gasteiger partial charge >= 0.3 is 0 Å². The molecule has 0 fully saturated rings. The van der Waals surface area contributed by atoms with Gasteiger partial charge in [-0.05, 0) is 17.5 Å². The molecular weight excluding hydrogens is 226 g/mol. The summed E-state index contributed by atoms with van der Waals surface area (Å²) in [4.78, 5) is 0. The first-order valence-corrected chi connectivity index (χ1v) is 6.93. The Hall–Kier alpha value is -1.43. The molecule has 0 N–H and O–H groups in total. The van der Waals surface area contributed by atoms with Gasteiger partial charge in [-0.3, -0.25) is 0 Å². The second-order valence-corrected chi connectivity index (χ2v) is 3.66. The van der Waals surface area contributed by atoms with Crippen molar-refractivity contribution in [3.8, 4) is 0 Å². The molecule has 0 bridgehead atoms. The van der Waals surface area contributed by atoms with E-state index in [4.69, 9.17) is 15.7 Å². The maximum atomic E-state index is 5.62. The van der Waals surface area contributed by atoms with Crippen LogP contribution in [0.25, 0.3) is 0 Å². The molecule has 0 saturated carbocycles. The van der Waals surface area contributed by atoms with Gasteiger partial charge in [0.05, 0.1) is 0 Å². The lowest BCUT2D eigenvalue weighted by atomic mass is 9.92. The minimum atomic E-state index is 0.802. The normalized spacial score (nSPS) is 8.63. The summed E-state index contributed by atoms with van der Waals surface area (Å²) in [7, 11) is 11.2. The fraction of sp³-hybridized carbons (Fsp3) is 0.294. The van der Waals surface area contributed by atoms with Gasteiger partial charge in [0.2, 0.25) is 0 Å². The molecule has 0 atom stereocenters. The summed E-state index contributed by atoms with van der Waals surface area (Å²) in [6.07, 6.45) is 0.917. The molecule has 2 aromatic carbocycles. The molecule has 2 heteroatoms. The highest BCUT2D eigenvalue weighted by Crippen LogP contribution is 2.06. The van der Waals surface area contributed by atoms with Crippen molar-refractivity contribution < 1.29 is 0 Å². The minimum absolute atomic E-state index is 0.802. The molecule has 19 heavy (non-hydrogen) atoms. The van der Waals surface area contributed by atoms with Gasteiger partial charge in [-0.25, -0.2) is 0 Å². The Morgan fingerprint density at radius 1 is 0.579 bits per heavy atom. The van der Waals surface area contributed by atoms with E-state index in [1.807, 2.05) is 76.2 Å². The van der Waals surface area contributed by atoms with Gasteiger partial charge < -0.3 is 0 Å².